The highest BCUT2D eigenvalue weighted by Crippen LogP contribution is 2.62. The first kappa shape index (κ1) is 24.7. The number of nitrogens with one attached hydrogen (secondary N) is 2. The van der Waals surface area contributed by atoms with Crippen molar-refractivity contribution in [2.75, 3.05) is 5.32 Å². The lowest BCUT2D eigenvalue weighted by molar-refractivity contribution is -0.154. The molecule has 4 aliphatic carbocycles. The van der Waals surface area contributed by atoms with Crippen molar-refractivity contribution in [3.05, 3.63) is 35.0 Å². The Morgan fingerprint density at radius 1 is 1.09 bits per heavy atom. The van der Waals surface area contributed by atoms with Gasteiger partial charge in [-0.1, -0.05) is 32.4 Å². The third-order valence-electron chi connectivity index (χ3n) is 9.19. The minimum atomic E-state index is -4.53. The number of rotatable bonds is 4. The van der Waals surface area contributed by atoms with Gasteiger partial charge in [-0.15, -0.1) is 0 Å². The second-order valence-electron chi connectivity index (χ2n) is 11.5. The van der Waals surface area contributed by atoms with Crippen LogP contribution >= 0.6 is 11.6 Å². The maximum Gasteiger partial charge on any atom is 0.433 e. The van der Waals surface area contributed by atoms with Crippen molar-refractivity contribution >= 4 is 34.1 Å². The number of pyridine rings is 1. The van der Waals surface area contributed by atoms with Crippen LogP contribution in [0.2, 0.25) is 5.02 Å². The molecule has 0 spiro atoms. The molecule has 4 unspecified atom stereocenters. The smallest absolute Gasteiger partial charge is 0.382 e. The first-order chi connectivity index (χ1) is 16.4. The minimum absolute atomic E-state index is 0.0239. The maximum atomic E-state index is 13.4. The lowest BCUT2D eigenvalue weighted by Crippen LogP contribution is -2.58. The van der Waals surface area contributed by atoms with E-state index in [1.165, 1.54) is 12.5 Å². The standard InChI is InChI=1S/C27H33ClF3N3O/c1-14-19(10-15-11-21(14)26(15,2)3)25(35)33-18-7-5-17(6-8-18)32-23-13-24(27(29,30)31)34-22-9-4-16(28)12-20(22)23/h4,9,12-15,17-19,21H,5-8,10-11H2,1-3H3,(H,32,34)(H,33,35). The Morgan fingerprint density at radius 2 is 1.77 bits per heavy atom. The molecule has 0 radical (unpaired) electrons. The van der Waals surface area contributed by atoms with Crippen LogP contribution < -0.4 is 10.6 Å². The van der Waals surface area contributed by atoms with Crippen LogP contribution in [-0.4, -0.2) is 23.0 Å². The molecule has 4 saturated carbocycles. The highest BCUT2D eigenvalue weighted by atomic mass is 35.5. The molecule has 0 aliphatic heterocycles. The zero-order valence-corrected chi connectivity index (χ0v) is 21.1. The summed E-state index contributed by atoms with van der Waals surface area (Å²) in [7, 11) is 0. The SMILES string of the molecule is CC1C(C(=O)NC2CCC(Nc3cc(C(F)(F)F)nc4ccc(Cl)cc34)CC2)CC2CC1C2(C)C. The molecule has 2 N–H and O–H groups in total. The monoisotopic (exact) mass is 507 g/mol. The van der Waals surface area contributed by atoms with Gasteiger partial charge in [-0.05, 0) is 86.0 Å². The molecule has 2 aromatic rings. The maximum absolute atomic E-state index is 13.4. The van der Waals surface area contributed by atoms with Crippen molar-refractivity contribution in [2.45, 2.75) is 77.6 Å². The van der Waals surface area contributed by atoms with Crippen LogP contribution in [0.25, 0.3) is 10.9 Å². The third kappa shape index (κ3) is 4.61. The highest BCUT2D eigenvalue weighted by Gasteiger charge is 2.57. The molecule has 8 heteroatoms. The van der Waals surface area contributed by atoms with Gasteiger partial charge in [-0.25, -0.2) is 4.98 Å². The molecule has 4 atom stereocenters. The summed E-state index contributed by atoms with van der Waals surface area (Å²) in [4.78, 5) is 16.9. The Bertz CT molecular complexity index is 1130. The molecular weight excluding hydrogens is 475 g/mol. The number of carbonyl (C=O) groups excluding carboxylic acids is 1. The van der Waals surface area contributed by atoms with Gasteiger partial charge in [0.25, 0.3) is 0 Å². The molecule has 4 nitrogen and oxygen atoms in total. The Hall–Kier alpha value is -2.02. The molecule has 4 aliphatic rings. The molecule has 190 valence electrons. The Balaban J connectivity index is 1.21. The number of aromatic nitrogens is 1. The molecule has 1 aromatic heterocycles. The molecule has 6 rings (SSSR count). The van der Waals surface area contributed by atoms with Crippen molar-refractivity contribution in [3.63, 3.8) is 0 Å². The number of hydrogen-bond donors (Lipinski definition) is 2. The van der Waals surface area contributed by atoms with Crippen molar-refractivity contribution in [1.29, 1.82) is 0 Å². The number of nitrogens with zero attached hydrogens (tertiary/aromatic N) is 1. The second kappa shape index (κ2) is 8.82. The van der Waals surface area contributed by atoms with Crippen molar-refractivity contribution in [1.82, 2.24) is 10.3 Å². The highest BCUT2D eigenvalue weighted by molar-refractivity contribution is 6.31. The van der Waals surface area contributed by atoms with E-state index in [0.29, 0.717) is 39.3 Å². The van der Waals surface area contributed by atoms with Crippen LogP contribution in [0.4, 0.5) is 18.9 Å². The number of carbonyl (C=O) groups is 1. The molecule has 2 bridgehead atoms. The van der Waals surface area contributed by atoms with E-state index in [-0.39, 0.29) is 29.4 Å². The normalized spacial score (nSPS) is 32.1. The van der Waals surface area contributed by atoms with Crippen LogP contribution in [0.1, 0.15) is 65.0 Å². The fraction of sp³-hybridized carbons (Fsp3) is 0.630. The zero-order valence-electron chi connectivity index (χ0n) is 20.4. The number of hydrogen-bond acceptors (Lipinski definition) is 3. The fourth-order valence-electron chi connectivity index (χ4n) is 6.87. The predicted octanol–water partition coefficient (Wildman–Crippen LogP) is 7.06. The van der Waals surface area contributed by atoms with E-state index in [4.69, 9.17) is 11.6 Å². The van der Waals surface area contributed by atoms with Gasteiger partial charge in [0.1, 0.15) is 5.69 Å². The summed E-state index contributed by atoms with van der Waals surface area (Å²) >= 11 is 6.11. The van der Waals surface area contributed by atoms with Crippen LogP contribution in [0.15, 0.2) is 24.3 Å². The van der Waals surface area contributed by atoms with Crippen molar-refractivity contribution in [2.24, 2.45) is 29.1 Å². The number of fused-ring (bicyclic) bond motifs is 3. The summed E-state index contributed by atoms with van der Waals surface area (Å²) in [5, 5.41) is 7.64. The summed E-state index contributed by atoms with van der Waals surface area (Å²) in [6, 6.07) is 5.93. The summed E-state index contributed by atoms with van der Waals surface area (Å²) in [6.07, 6.45) is 0.854. The van der Waals surface area contributed by atoms with E-state index in [2.05, 4.69) is 36.4 Å². The Kier molecular flexibility index (Phi) is 6.22. The van der Waals surface area contributed by atoms with Gasteiger partial charge in [-0.2, -0.15) is 13.2 Å². The van der Waals surface area contributed by atoms with Gasteiger partial charge in [0, 0.05) is 34.1 Å². The van der Waals surface area contributed by atoms with E-state index in [9.17, 15) is 18.0 Å². The number of anilines is 1. The number of benzene rings is 1. The van der Waals surface area contributed by atoms with Gasteiger partial charge in [0.05, 0.1) is 5.52 Å². The summed E-state index contributed by atoms with van der Waals surface area (Å²) < 4.78 is 40.3. The van der Waals surface area contributed by atoms with Crippen LogP contribution in [0, 0.1) is 29.1 Å². The lowest BCUT2D eigenvalue weighted by Gasteiger charge is -2.61. The first-order valence-electron chi connectivity index (χ1n) is 12.7. The van der Waals surface area contributed by atoms with Gasteiger partial charge >= 0.3 is 6.18 Å². The predicted molar refractivity (Wildman–Crippen MR) is 132 cm³/mol. The van der Waals surface area contributed by atoms with Gasteiger partial charge in [0.2, 0.25) is 5.91 Å². The fourth-order valence-corrected chi connectivity index (χ4v) is 7.04. The Morgan fingerprint density at radius 3 is 2.40 bits per heavy atom. The molecular formula is C27H33ClF3N3O. The first-order valence-corrected chi connectivity index (χ1v) is 13.1. The molecule has 0 saturated heterocycles. The molecule has 1 heterocycles. The minimum Gasteiger partial charge on any atom is -0.382 e. The van der Waals surface area contributed by atoms with E-state index in [0.717, 1.165) is 38.2 Å². The third-order valence-corrected chi connectivity index (χ3v) is 9.42. The average Bonchev–Trinajstić information content (AvgIpc) is 2.79. The molecule has 1 amide bonds. The van der Waals surface area contributed by atoms with E-state index in [1.54, 1.807) is 12.1 Å². The number of halogens is 4. The summed E-state index contributed by atoms with van der Waals surface area (Å²) in [5.41, 5.74) is 0.0945. The van der Waals surface area contributed by atoms with E-state index in [1.807, 2.05) is 0 Å². The summed E-state index contributed by atoms with van der Waals surface area (Å²) in [6.45, 7) is 6.90. The molecule has 35 heavy (non-hydrogen) atoms. The quantitative estimate of drug-likeness (QED) is 0.465. The van der Waals surface area contributed by atoms with Gasteiger partial charge in [0.15, 0.2) is 0 Å². The number of amides is 1. The average molecular weight is 508 g/mol. The largest absolute Gasteiger partial charge is 0.433 e. The topological polar surface area (TPSA) is 54.0 Å². The van der Waals surface area contributed by atoms with Crippen LogP contribution in [-0.2, 0) is 11.0 Å². The van der Waals surface area contributed by atoms with Crippen LogP contribution in [0.3, 0.4) is 0 Å². The van der Waals surface area contributed by atoms with Crippen molar-refractivity contribution < 1.29 is 18.0 Å². The van der Waals surface area contributed by atoms with E-state index < -0.39 is 11.9 Å². The van der Waals surface area contributed by atoms with Gasteiger partial charge < -0.3 is 10.6 Å². The van der Waals surface area contributed by atoms with E-state index >= 15 is 0 Å². The Labute approximate surface area is 209 Å². The molecule has 1 aromatic carbocycles. The zero-order chi connectivity index (χ0) is 25.1. The lowest BCUT2D eigenvalue weighted by atomic mass is 9.43. The molecule has 4 fully saturated rings. The second-order valence-corrected chi connectivity index (χ2v) is 11.9. The van der Waals surface area contributed by atoms with Gasteiger partial charge in [-0.3, -0.25) is 4.79 Å². The van der Waals surface area contributed by atoms with Crippen LogP contribution in [0.5, 0.6) is 0 Å². The summed E-state index contributed by atoms with van der Waals surface area (Å²) in [5.74, 6) is 1.95. The number of alkyl halides is 3. The van der Waals surface area contributed by atoms with Crippen molar-refractivity contribution in [3.8, 4) is 0 Å².